The summed E-state index contributed by atoms with van der Waals surface area (Å²) in [5.41, 5.74) is 0.988. The second-order valence-corrected chi connectivity index (χ2v) is 4.86. The summed E-state index contributed by atoms with van der Waals surface area (Å²) in [4.78, 5) is 12.3. The molecule has 1 rings (SSSR count). The molecule has 0 aromatic heterocycles. The zero-order chi connectivity index (χ0) is 12.8. The molecule has 0 radical (unpaired) electrons. The van der Waals surface area contributed by atoms with Gasteiger partial charge in [-0.05, 0) is 30.7 Å². The third-order valence-electron chi connectivity index (χ3n) is 2.44. The Hall–Kier alpha value is -1.07. The summed E-state index contributed by atoms with van der Waals surface area (Å²) in [6, 6.07) is 7.73. The molecule has 2 N–H and O–H groups in total. The zero-order valence-electron chi connectivity index (χ0n) is 9.64. The second kappa shape index (κ2) is 6.61. The number of aliphatic carboxylic acids is 1. The molecule has 0 aliphatic rings. The Morgan fingerprint density at radius 2 is 2.00 bits per heavy atom. The van der Waals surface area contributed by atoms with Crippen LogP contribution >= 0.6 is 15.9 Å². The Labute approximate surface area is 109 Å². The third-order valence-corrected chi connectivity index (χ3v) is 2.97. The molecular formula is C12H16BrNO3. The molecule has 94 valence electrons. The smallest absolute Gasteiger partial charge is 0.303 e. The molecule has 1 aromatic carbocycles. The lowest BCUT2D eigenvalue weighted by atomic mass is 10.2. The standard InChI is InChI=1S/C12H16BrNO3/c1-14(8-11(15)6-7-12(16)17)10-4-2-9(13)3-5-10/h2-5,11,15H,6-8H2,1H3,(H,16,17). The number of rotatable bonds is 6. The first-order valence-corrected chi connectivity index (χ1v) is 6.15. The van der Waals surface area contributed by atoms with Crippen molar-refractivity contribution in [1.82, 2.24) is 0 Å². The third kappa shape index (κ3) is 5.19. The largest absolute Gasteiger partial charge is 0.481 e. The van der Waals surface area contributed by atoms with Crippen molar-refractivity contribution in [3.63, 3.8) is 0 Å². The minimum absolute atomic E-state index is 0.00462. The van der Waals surface area contributed by atoms with Gasteiger partial charge in [-0.15, -0.1) is 0 Å². The maximum atomic E-state index is 10.4. The summed E-state index contributed by atoms with van der Waals surface area (Å²) < 4.78 is 1.00. The first-order chi connectivity index (χ1) is 7.99. The minimum Gasteiger partial charge on any atom is -0.481 e. The lowest BCUT2D eigenvalue weighted by Crippen LogP contribution is -2.29. The minimum atomic E-state index is -0.879. The van der Waals surface area contributed by atoms with Gasteiger partial charge in [0, 0.05) is 30.2 Å². The number of carboxylic acid groups (broad SMARTS) is 1. The van der Waals surface area contributed by atoms with Crippen molar-refractivity contribution in [3.8, 4) is 0 Å². The van der Waals surface area contributed by atoms with Crippen LogP contribution in [0.2, 0.25) is 0 Å². The number of carboxylic acids is 1. The number of carbonyl (C=O) groups is 1. The fourth-order valence-corrected chi connectivity index (χ4v) is 1.76. The van der Waals surface area contributed by atoms with E-state index >= 15 is 0 Å². The number of hydrogen-bond donors (Lipinski definition) is 2. The molecule has 17 heavy (non-hydrogen) atoms. The molecule has 5 heteroatoms. The quantitative estimate of drug-likeness (QED) is 0.845. The average molecular weight is 302 g/mol. The van der Waals surface area contributed by atoms with Crippen LogP contribution in [0.15, 0.2) is 28.7 Å². The van der Waals surface area contributed by atoms with Crippen LogP contribution in [0.25, 0.3) is 0 Å². The summed E-state index contributed by atoms with van der Waals surface area (Å²) in [6.07, 6.45) is -0.356. The maximum Gasteiger partial charge on any atom is 0.303 e. The van der Waals surface area contributed by atoms with Gasteiger partial charge in [-0.2, -0.15) is 0 Å². The molecule has 0 bridgehead atoms. The van der Waals surface area contributed by atoms with Gasteiger partial charge >= 0.3 is 5.97 Å². The lowest BCUT2D eigenvalue weighted by molar-refractivity contribution is -0.137. The molecule has 0 heterocycles. The molecule has 4 nitrogen and oxygen atoms in total. The van der Waals surface area contributed by atoms with Crippen molar-refractivity contribution < 1.29 is 15.0 Å². The van der Waals surface area contributed by atoms with E-state index in [0.29, 0.717) is 6.54 Å². The van der Waals surface area contributed by atoms with Gasteiger partial charge in [-0.25, -0.2) is 0 Å². The molecule has 0 aliphatic heterocycles. The Morgan fingerprint density at radius 3 is 2.53 bits per heavy atom. The number of nitrogens with zero attached hydrogens (tertiary/aromatic N) is 1. The first kappa shape index (κ1) is 14.0. The SMILES string of the molecule is CN(CC(O)CCC(=O)O)c1ccc(Br)cc1. The molecular weight excluding hydrogens is 286 g/mol. The predicted molar refractivity (Wildman–Crippen MR) is 70.3 cm³/mol. The summed E-state index contributed by atoms with van der Waals surface area (Å²) in [6.45, 7) is 0.426. The van der Waals surface area contributed by atoms with Crippen molar-refractivity contribution in [3.05, 3.63) is 28.7 Å². The van der Waals surface area contributed by atoms with E-state index in [2.05, 4.69) is 15.9 Å². The van der Waals surface area contributed by atoms with E-state index in [1.54, 1.807) is 0 Å². The highest BCUT2D eigenvalue weighted by atomic mass is 79.9. The predicted octanol–water partition coefficient (Wildman–Crippen LogP) is 2.11. The Morgan fingerprint density at radius 1 is 1.41 bits per heavy atom. The van der Waals surface area contributed by atoms with Crippen molar-refractivity contribution in [2.45, 2.75) is 18.9 Å². The number of anilines is 1. The van der Waals surface area contributed by atoms with Crippen molar-refractivity contribution in [2.75, 3.05) is 18.5 Å². The summed E-state index contributed by atoms with van der Waals surface area (Å²) in [5.74, 6) is -0.879. The molecule has 0 fully saturated rings. The van der Waals surface area contributed by atoms with Crippen LogP contribution in [-0.2, 0) is 4.79 Å². The van der Waals surface area contributed by atoms with E-state index in [1.165, 1.54) is 0 Å². The molecule has 0 saturated carbocycles. The Bertz CT molecular complexity index is 367. The van der Waals surface area contributed by atoms with Gasteiger partial charge in [0.15, 0.2) is 0 Å². The summed E-state index contributed by atoms with van der Waals surface area (Å²) >= 11 is 3.35. The Kier molecular flexibility index (Phi) is 5.44. The maximum absolute atomic E-state index is 10.4. The van der Waals surface area contributed by atoms with E-state index in [-0.39, 0.29) is 12.8 Å². The van der Waals surface area contributed by atoms with Crippen molar-refractivity contribution in [2.24, 2.45) is 0 Å². The molecule has 0 spiro atoms. The van der Waals surface area contributed by atoms with E-state index in [9.17, 15) is 9.90 Å². The van der Waals surface area contributed by atoms with Crippen molar-refractivity contribution >= 4 is 27.6 Å². The highest BCUT2D eigenvalue weighted by molar-refractivity contribution is 9.10. The van der Waals surface area contributed by atoms with E-state index in [1.807, 2.05) is 36.2 Å². The Balaban J connectivity index is 2.45. The fourth-order valence-electron chi connectivity index (χ4n) is 1.50. The topological polar surface area (TPSA) is 60.8 Å². The van der Waals surface area contributed by atoms with E-state index < -0.39 is 12.1 Å². The van der Waals surface area contributed by atoms with Crippen LogP contribution in [0.3, 0.4) is 0 Å². The van der Waals surface area contributed by atoms with Gasteiger partial charge in [0.25, 0.3) is 0 Å². The van der Waals surface area contributed by atoms with Crippen LogP contribution in [0.4, 0.5) is 5.69 Å². The van der Waals surface area contributed by atoms with Crippen LogP contribution < -0.4 is 4.90 Å². The second-order valence-electron chi connectivity index (χ2n) is 3.94. The highest BCUT2D eigenvalue weighted by Gasteiger charge is 2.10. The van der Waals surface area contributed by atoms with Crippen LogP contribution in [-0.4, -0.2) is 35.9 Å². The van der Waals surface area contributed by atoms with Gasteiger partial charge in [0.2, 0.25) is 0 Å². The summed E-state index contributed by atoms with van der Waals surface area (Å²) in [5, 5.41) is 18.2. The molecule has 1 unspecified atom stereocenters. The summed E-state index contributed by atoms with van der Waals surface area (Å²) in [7, 11) is 1.87. The molecule has 1 atom stereocenters. The molecule has 1 aromatic rings. The number of hydrogen-bond acceptors (Lipinski definition) is 3. The van der Waals surface area contributed by atoms with Gasteiger partial charge in [-0.1, -0.05) is 15.9 Å². The number of likely N-dealkylation sites (N-methyl/N-ethyl adjacent to an activating group) is 1. The normalized spacial score (nSPS) is 12.2. The van der Waals surface area contributed by atoms with Gasteiger partial charge in [0.1, 0.15) is 0 Å². The number of halogens is 1. The van der Waals surface area contributed by atoms with Crippen LogP contribution in [0, 0.1) is 0 Å². The molecule has 0 amide bonds. The highest BCUT2D eigenvalue weighted by Crippen LogP contribution is 2.17. The number of benzene rings is 1. The zero-order valence-corrected chi connectivity index (χ0v) is 11.2. The lowest BCUT2D eigenvalue weighted by Gasteiger charge is -2.22. The van der Waals surface area contributed by atoms with E-state index in [4.69, 9.17) is 5.11 Å². The average Bonchev–Trinajstić information content (AvgIpc) is 2.27. The van der Waals surface area contributed by atoms with Crippen molar-refractivity contribution in [1.29, 1.82) is 0 Å². The van der Waals surface area contributed by atoms with E-state index in [0.717, 1.165) is 10.2 Å². The number of aliphatic hydroxyl groups excluding tert-OH is 1. The van der Waals surface area contributed by atoms with Gasteiger partial charge < -0.3 is 15.1 Å². The van der Waals surface area contributed by atoms with Crippen LogP contribution in [0.1, 0.15) is 12.8 Å². The first-order valence-electron chi connectivity index (χ1n) is 5.35. The fraction of sp³-hybridized carbons (Fsp3) is 0.417. The molecule has 0 aliphatic carbocycles. The van der Waals surface area contributed by atoms with Gasteiger partial charge in [-0.3, -0.25) is 4.79 Å². The monoisotopic (exact) mass is 301 g/mol. The van der Waals surface area contributed by atoms with Crippen LogP contribution in [0.5, 0.6) is 0 Å². The van der Waals surface area contributed by atoms with Gasteiger partial charge in [0.05, 0.1) is 6.10 Å². The number of aliphatic hydroxyl groups is 1. The molecule has 0 saturated heterocycles.